The van der Waals surface area contributed by atoms with Crippen LogP contribution in [-0.2, 0) is 28.6 Å². The Labute approximate surface area is 260 Å². The standard InChI is InChI=1S/C34H44FNO7S/c1-8-11-12-16-42-30-17-21(4)22(5)23(6)32(30)25-18-26(24-14-15-24)33(35)27(19-25)28(20-31(37)41-10-3)36-34(38)29(13-9-2)43-44(7,39)40/h8-9,17-19,24,28-29H,1-2,10-16,20H2,3-7H3,(H,36,38)/t28-,29+/m0/s1. The Morgan fingerprint density at radius 1 is 1.11 bits per heavy atom. The van der Waals surface area contributed by atoms with Gasteiger partial charge in [0.2, 0.25) is 0 Å². The van der Waals surface area contributed by atoms with Crippen LogP contribution in [-0.4, -0.2) is 45.9 Å². The molecule has 1 aliphatic rings. The Morgan fingerprint density at radius 3 is 2.41 bits per heavy atom. The maximum absolute atomic E-state index is 16.4. The lowest BCUT2D eigenvalue weighted by atomic mass is 9.88. The van der Waals surface area contributed by atoms with Crippen molar-refractivity contribution in [1.29, 1.82) is 0 Å². The van der Waals surface area contributed by atoms with E-state index in [2.05, 4.69) is 18.5 Å². The lowest BCUT2D eigenvalue weighted by Crippen LogP contribution is -2.40. The van der Waals surface area contributed by atoms with Crippen molar-refractivity contribution in [2.75, 3.05) is 19.5 Å². The van der Waals surface area contributed by atoms with E-state index in [9.17, 15) is 18.0 Å². The van der Waals surface area contributed by atoms with Gasteiger partial charge in [-0.15, -0.1) is 13.2 Å². The fourth-order valence-corrected chi connectivity index (χ4v) is 5.72. The van der Waals surface area contributed by atoms with Gasteiger partial charge in [-0.3, -0.25) is 13.8 Å². The van der Waals surface area contributed by atoms with Crippen molar-refractivity contribution in [2.45, 2.75) is 84.3 Å². The van der Waals surface area contributed by atoms with Crippen molar-refractivity contribution in [3.8, 4) is 16.9 Å². The van der Waals surface area contributed by atoms with E-state index < -0.39 is 40.0 Å². The highest BCUT2D eigenvalue weighted by Crippen LogP contribution is 2.46. The second-order valence-electron chi connectivity index (χ2n) is 11.2. The summed E-state index contributed by atoms with van der Waals surface area (Å²) in [5.41, 5.74) is 5.19. The summed E-state index contributed by atoms with van der Waals surface area (Å²) < 4.78 is 56.5. The third kappa shape index (κ3) is 9.25. The first-order chi connectivity index (χ1) is 20.8. The van der Waals surface area contributed by atoms with Gasteiger partial charge >= 0.3 is 5.97 Å². The van der Waals surface area contributed by atoms with Gasteiger partial charge in [0.1, 0.15) is 11.6 Å². The van der Waals surface area contributed by atoms with Crippen LogP contribution in [0.1, 0.15) is 85.2 Å². The second kappa shape index (κ2) is 15.5. The molecule has 1 N–H and O–H groups in total. The van der Waals surface area contributed by atoms with E-state index in [-0.39, 0.29) is 30.9 Å². The van der Waals surface area contributed by atoms with Crippen LogP contribution in [0.15, 0.2) is 43.5 Å². The number of amides is 1. The minimum absolute atomic E-state index is 0.00135. The maximum atomic E-state index is 16.4. The topological polar surface area (TPSA) is 108 Å². The maximum Gasteiger partial charge on any atom is 0.308 e. The molecule has 0 saturated heterocycles. The number of unbranched alkanes of at least 4 members (excludes halogenated alkanes) is 1. The van der Waals surface area contributed by atoms with Crippen LogP contribution in [0.2, 0.25) is 0 Å². The first kappa shape index (κ1) is 35.0. The molecule has 3 rings (SSSR count). The molecule has 1 aliphatic carbocycles. The van der Waals surface area contributed by atoms with Crippen molar-refractivity contribution >= 4 is 22.0 Å². The zero-order valence-corrected chi connectivity index (χ0v) is 27.2. The average Bonchev–Trinajstić information content (AvgIpc) is 3.79. The number of allylic oxidation sites excluding steroid dienone is 1. The molecule has 8 nitrogen and oxygen atoms in total. The van der Waals surface area contributed by atoms with Crippen LogP contribution in [0.3, 0.4) is 0 Å². The van der Waals surface area contributed by atoms with E-state index in [4.69, 9.17) is 13.7 Å². The number of rotatable bonds is 17. The number of carbonyl (C=O) groups excluding carboxylic acids is 2. The van der Waals surface area contributed by atoms with E-state index in [1.54, 1.807) is 13.0 Å². The predicted octanol–water partition coefficient (Wildman–Crippen LogP) is 6.67. The van der Waals surface area contributed by atoms with Gasteiger partial charge in [0.15, 0.2) is 6.10 Å². The van der Waals surface area contributed by atoms with Crippen molar-refractivity contribution in [2.24, 2.45) is 0 Å². The van der Waals surface area contributed by atoms with Gasteiger partial charge in [0.05, 0.1) is 31.9 Å². The van der Waals surface area contributed by atoms with Gasteiger partial charge in [-0.05, 0) is 105 Å². The molecule has 0 aromatic heterocycles. The Balaban J connectivity index is 2.19. The zero-order valence-electron chi connectivity index (χ0n) is 26.3. The molecule has 1 fully saturated rings. The van der Waals surface area contributed by atoms with Crippen LogP contribution < -0.4 is 10.1 Å². The van der Waals surface area contributed by atoms with Gasteiger partial charge in [0, 0.05) is 17.5 Å². The lowest BCUT2D eigenvalue weighted by Gasteiger charge is -2.25. The fraction of sp³-hybridized carbons (Fsp3) is 0.471. The van der Waals surface area contributed by atoms with Crippen LogP contribution in [0.5, 0.6) is 5.75 Å². The molecular formula is C34H44FNO7S. The van der Waals surface area contributed by atoms with E-state index in [0.29, 0.717) is 23.5 Å². The third-order valence-electron chi connectivity index (χ3n) is 7.70. The van der Waals surface area contributed by atoms with E-state index in [0.717, 1.165) is 54.2 Å². The molecule has 0 radical (unpaired) electrons. The summed E-state index contributed by atoms with van der Waals surface area (Å²) in [6, 6.07) is 4.28. The number of nitrogens with one attached hydrogen (secondary N) is 1. The normalized spacial score (nSPS) is 14.4. The highest BCUT2D eigenvalue weighted by Gasteiger charge is 2.33. The minimum Gasteiger partial charge on any atom is -0.493 e. The molecule has 2 atom stereocenters. The molecule has 0 heterocycles. The molecule has 1 saturated carbocycles. The first-order valence-corrected chi connectivity index (χ1v) is 16.8. The number of halogens is 1. The van der Waals surface area contributed by atoms with E-state index in [1.807, 2.05) is 39.0 Å². The number of esters is 1. The molecular weight excluding hydrogens is 585 g/mol. The molecule has 240 valence electrons. The Hall–Kier alpha value is -3.50. The average molecular weight is 630 g/mol. The molecule has 44 heavy (non-hydrogen) atoms. The second-order valence-corrected chi connectivity index (χ2v) is 12.8. The number of ether oxygens (including phenoxy) is 2. The van der Waals surface area contributed by atoms with Gasteiger partial charge in [0.25, 0.3) is 16.0 Å². The third-order valence-corrected chi connectivity index (χ3v) is 8.28. The Bertz CT molecular complexity index is 1500. The fourth-order valence-electron chi connectivity index (χ4n) is 5.13. The van der Waals surface area contributed by atoms with Crippen LogP contribution in [0.25, 0.3) is 11.1 Å². The molecule has 0 bridgehead atoms. The SMILES string of the molecule is C=CCCCOc1cc(C)c(C)c(C)c1-c1cc(C2CC2)c(F)c([C@H](CC(=O)OCC)NC(=O)[C@@H](CC=C)OS(C)(=O)=O)c1. The molecule has 0 unspecified atom stereocenters. The number of hydrogen-bond donors (Lipinski definition) is 1. The molecule has 2 aromatic carbocycles. The Morgan fingerprint density at radius 2 is 1.82 bits per heavy atom. The lowest BCUT2D eigenvalue weighted by molar-refractivity contribution is -0.144. The van der Waals surface area contributed by atoms with Gasteiger partial charge in [-0.2, -0.15) is 8.42 Å². The molecule has 2 aromatic rings. The summed E-state index contributed by atoms with van der Waals surface area (Å²) in [5.74, 6) is -1.33. The van der Waals surface area contributed by atoms with E-state index >= 15 is 4.39 Å². The number of benzene rings is 2. The predicted molar refractivity (Wildman–Crippen MR) is 170 cm³/mol. The quantitative estimate of drug-likeness (QED) is 0.0901. The largest absolute Gasteiger partial charge is 0.493 e. The van der Waals surface area contributed by atoms with Gasteiger partial charge < -0.3 is 14.8 Å². The molecule has 0 spiro atoms. The summed E-state index contributed by atoms with van der Waals surface area (Å²) in [6.45, 7) is 15.6. The van der Waals surface area contributed by atoms with Crippen molar-refractivity contribution < 1.29 is 36.1 Å². The van der Waals surface area contributed by atoms with Crippen LogP contribution in [0.4, 0.5) is 4.39 Å². The summed E-state index contributed by atoms with van der Waals surface area (Å²) in [5, 5.41) is 2.68. The highest BCUT2D eigenvalue weighted by molar-refractivity contribution is 7.86. The number of carbonyl (C=O) groups is 2. The summed E-state index contributed by atoms with van der Waals surface area (Å²) >= 11 is 0. The van der Waals surface area contributed by atoms with Gasteiger partial charge in [-0.1, -0.05) is 12.2 Å². The highest BCUT2D eigenvalue weighted by atomic mass is 32.2. The van der Waals surface area contributed by atoms with E-state index in [1.165, 1.54) is 6.08 Å². The monoisotopic (exact) mass is 629 g/mol. The summed E-state index contributed by atoms with van der Waals surface area (Å²) in [6.07, 6.45) is 5.30. The molecule has 0 aliphatic heterocycles. The summed E-state index contributed by atoms with van der Waals surface area (Å²) in [4.78, 5) is 26.1. The van der Waals surface area contributed by atoms with Crippen molar-refractivity contribution in [3.63, 3.8) is 0 Å². The smallest absolute Gasteiger partial charge is 0.308 e. The minimum atomic E-state index is -4.01. The number of aryl methyl sites for hydroxylation is 1. The van der Waals surface area contributed by atoms with Crippen molar-refractivity contribution in [3.05, 3.63) is 77.1 Å². The summed E-state index contributed by atoms with van der Waals surface area (Å²) in [7, 11) is -4.01. The van der Waals surface area contributed by atoms with Gasteiger partial charge in [-0.25, -0.2) is 4.39 Å². The Kier molecular flexibility index (Phi) is 12.3. The molecule has 1 amide bonds. The van der Waals surface area contributed by atoms with Crippen LogP contribution in [0, 0.1) is 26.6 Å². The number of hydrogen-bond acceptors (Lipinski definition) is 7. The first-order valence-electron chi connectivity index (χ1n) is 14.9. The zero-order chi connectivity index (χ0) is 32.6. The van der Waals surface area contributed by atoms with Crippen LogP contribution >= 0.6 is 0 Å². The van der Waals surface area contributed by atoms with Crippen molar-refractivity contribution in [1.82, 2.24) is 5.32 Å². The molecule has 10 heteroatoms.